The Kier molecular flexibility index (Phi) is 18.2. The summed E-state index contributed by atoms with van der Waals surface area (Å²) >= 11 is 0. The van der Waals surface area contributed by atoms with Gasteiger partial charge in [0.05, 0.1) is 0 Å². The minimum absolute atomic E-state index is 0. The standard InChI is InChI=1S/C7H14N2O3.C2H7N.ClH/c1-2-9-5(7(11)12)3-4-6(8)10;1-3-2;/h5,9H,2-4H2,1H3,(H2,8,10)(H,11,12);3H,1-2H3;1H. The fourth-order valence-corrected chi connectivity index (χ4v) is 0.846. The average Bonchev–Trinajstić information content (AvgIpc) is 2.12. The zero-order chi connectivity index (χ0) is 12.3. The van der Waals surface area contributed by atoms with E-state index in [1.54, 1.807) is 6.92 Å². The first-order valence-corrected chi connectivity index (χ1v) is 4.82. The molecule has 0 fully saturated rings. The van der Waals surface area contributed by atoms with Gasteiger partial charge < -0.3 is 21.5 Å². The highest BCUT2D eigenvalue weighted by atomic mass is 35.5. The van der Waals surface area contributed by atoms with Gasteiger partial charge in [-0.15, -0.1) is 12.4 Å². The summed E-state index contributed by atoms with van der Waals surface area (Å²) in [5.41, 5.74) is 4.88. The molecule has 98 valence electrons. The van der Waals surface area contributed by atoms with Gasteiger partial charge in [-0.05, 0) is 27.1 Å². The van der Waals surface area contributed by atoms with Crippen LogP contribution < -0.4 is 16.4 Å². The van der Waals surface area contributed by atoms with Gasteiger partial charge in [-0.1, -0.05) is 6.92 Å². The van der Waals surface area contributed by atoms with Gasteiger partial charge in [0.25, 0.3) is 0 Å². The second-order valence-corrected chi connectivity index (χ2v) is 2.95. The van der Waals surface area contributed by atoms with Crippen molar-refractivity contribution >= 4 is 24.3 Å². The Morgan fingerprint density at radius 3 is 2.06 bits per heavy atom. The molecular formula is C9H22ClN3O3. The number of carboxylic acid groups (broad SMARTS) is 1. The summed E-state index contributed by atoms with van der Waals surface area (Å²) in [7, 11) is 3.75. The Labute approximate surface area is 102 Å². The van der Waals surface area contributed by atoms with E-state index in [1.165, 1.54) is 0 Å². The summed E-state index contributed by atoms with van der Waals surface area (Å²) < 4.78 is 0. The minimum Gasteiger partial charge on any atom is -0.480 e. The average molecular weight is 256 g/mol. The Balaban J connectivity index is -0.000000377. The van der Waals surface area contributed by atoms with Crippen molar-refractivity contribution in [2.45, 2.75) is 25.8 Å². The first-order chi connectivity index (χ1) is 6.99. The van der Waals surface area contributed by atoms with E-state index in [-0.39, 0.29) is 25.2 Å². The number of carbonyl (C=O) groups is 2. The highest BCUT2D eigenvalue weighted by molar-refractivity contribution is 5.85. The van der Waals surface area contributed by atoms with Crippen molar-refractivity contribution in [1.82, 2.24) is 10.6 Å². The minimum atomic E-state index is -0.946. The van der Waals surface area contributed by atoms with Crippen LogP contribution in [0.3, 0.4) is 0 Å². The van der Waals surface area contributed by atoms with E-state index >= 15 is 0 Å². The van der Waals surface area contributed by atoms with Crippen molar-refractivity contribution in [2.75, 3.05) is 20.6 Å². The molecule has 1 amide bonds. The van der Waals surface area contributed by atoms with Crippen molar-refractivity contribution < 1.29 is 14.7 Å². The van der Waals surface area contributed by atoms with Gasteiger partial charge in [-0.25, -0.2) is 0 Å². The lowest BCUT2D eigenvalue weighted by molar-refractivity contribution is -0.139. The van der Waals surface area contributed by atoms with Gasteiger partial charge in [0.1, 0.15) is 6.04 Å². The summed E-state index contributed by atoms with van der Waals surface area (Å²) in [5, 5.41) is 14.1. The molecule has 1 atom stereocenters. The fourth-order valence-electron chi connectivity index (χ4n) is 0.846. The van der Waals surface area contributed by atoms with E-state index in [1.807, 2.05) is 14.1 Å². The molecule has 7 heteroatoms. The summed E-state index contributed by atoms with van der Waals surface area (Å²) in [5.74, 6) is -1.42. The van der Waals surface area contributed by atoms with Crippen LogP contribution in [0.4, 0.5) is 0 Å². The van der Waals surface area contributed by atoms with E-state index in [2.05, 4.69) is 10.6 Å². The van der Waals surface area contributed by atoms with Crippen LogP contribution in [0.2, 0.25) is 0 Å². The molecule has 0 aliphatic rings. The predicted molar refractivity (Wildman–Crippen MR) is 65.8 cm³/mol. The van der Waals surface area contributed by atoms with Crippen molar-refractivity contribution in [2.24, 2.45) is 5.73 Å². The van der Waals surface area contributed by atoms with Gasteiger partial charge in [0.2, 0.25) is 5.91 Å². The topological polar surface area (TPSA) is 104 Å². The zero-order valence-electron chi connectivity index (χ0n) is 9.95. The van der Waals surface area contributed by atoms with Gasteiger partial charge in [0, 0.05) is 6.42 Å². The van der Waals surface area contributed by atoms with Crippen LogP contribution in [0, 0.1) is 0 Å². The first kappa shape index (κ1) is 20.5. The third-order valence-corrected chi connectivity index (χ3v) is 1.43. The molecule has 0 saturated heterocycles. The zero-order valence-corrected chi connectivity index (χ0v) is 10.8. The van der Waals surface area contributed by atoms with E-state index < -0.39 is 17.9 Å². The smallest absolute Gasteiger partial charge is 0.320 e. The van der Waals surface area contributed by atoms with Crippen molar-refractivity contribution in [3.63, 3.8) is 0 Å². The first-order valence-electron chi connectivity index (χ1n) is 4.82. The van der Waals surface area contributed by atoms with Crippen LogP contribution in [0.1, 0.15) is 19.8 Å². The maximum Gasteiger partial charge on any atom is 0.320 e. The second kappa shape index (κ2) is 14.2. The number of carboxylic acids is 1. The molecule has 0 aromatic rings. The van der Waals surface area contributed by atoms with Gasteiger partial charge >= 0.3 is 5.97 Å². The number of halogens is 1. The second-order valence-electron chi connectivity index (χ2n) is 2.95. The number of hydrogen-bond acceptors (Lipinski definition) is 4. The number of rotatable bonds is 6. The van der Waals surface area contributed by atoms with E-state index in [4.69, 9.17) is 10.8 Å². The quantitative estimate of drug-likeness (QED) is 0.516. The van der Waals surface area contributed by atoms with Crippen LogP contribution in [-0.2, 0) is 9.59 Å². The monoisotopic (exact) mass is 255 g/mol. The molecule has 6 nitrogen and oxygen atoms in total. The molecule has 16 heavy (non-hydrogen) atoms. The van der Waals surface area contributed by atoms with E-state index in [9.17, 15) is 9.59 Å². The number of likely N-dealkylation sites (N-methyl/N-ethyl adjacent to an activating group) is 1. The van der Waals surface area contributed by atoms with Crippen molar-refractivity contribution in [1.29, 1.82) is 0 Å². The molecule has 0 spiro atoms. The predicted octanol–water partition coefficient (Wildman–Crippen LogP) is -0.428. The normalized spacial score (nSPS) is 10.4. The summed E-state index contributed by atoms with van der Waals surface area (Å²) in [6.07, 6.45) is 0.350. The number of carbonyl (C=O) groups excluding carboxylic acids is 1. The van der Waals surface area contributed by atoms with Gasteiger partial charge in [0.15, 0.2) is 0 Å². The molecule has 0 aromatic carbocycles. The van der Waals surface area contributed by atoms with Crippen molar-refractivity contribution in [3.05, 3.63) is 0 Å². The number of amides is 1. The van der Waals surface area contributed by atoms with Crippen LogP contribution in [0.5, 0.6) is 0 Å². The lowest BCUT2D eigenvalue weighted by Crippen LogP contribution is -2.37. The third-order valence-electron chi connectivity index (χ3n) is 1.43. The summed E-state index contributed by atoms with van der Waals surface area (Å²) in [6, 6.07) is -0.664. The molecule has 0 aliphatic heterocycles. The lowest BCUT2D eigenvalue weighted by atomic mass is 10.1. The van der Waals surface area contributed by atoms with Crippen LogP contribution in [0.15, 0.2) is 0 Å². The summed E-state index contributed by atoms with van der Waals surface area (Å²) in [4.78, 5) is 20.8. The molecule has 0 bridgehead atoms. The Morgan fingerprint density at radius 1 is 1.38 bits per heavy atom. The molecule has 0 heterocycles. The van der Waals surface area contributed by atoms with Crippen LogP contribution >= 0.6 is 12.4 Å². The Hall–Kier alpha value is -0.850. The largest absolute Gasteiger partial charge is 0.480 e. The SMILES string of the molecule is CCNC(CCC(N)=O)C(=O)O.CNC.Cl. The Bertz CT molecular complexity index is 191. The van der Waals surface area contributed by atoms with Gasteiger partial charge in [-0.2, -0.15) is 0 Å². The molecular weight excluding hydrogens is 234 g/mol. The van der Waals surface area contributed by atoms with E-state index in [0.717, 1.165) is 0 Å². The Morgan fingerprint density at radius 2 is 1.81 bits per heavy atom. The highest BCUT2D eigenvalue weighted by Gasteiger charge is 2.15. The number of nitrogens with one attached hydrogen (secondary N) is 2. The van der Waals surface area contributed by atoms with Crippen LogP contribution in [0.25, 0.3) is 0 Å². The highest BCUT2D eigenvalue weighted by Crippen LogP contribution is 1.96. The molecule has 0 aromatic heterocycles. The number of aliphatic carboxylic acids is 1. The number of primary amides is 1. The molecule has 0 aliphatic carbocycles. The molecule has 1 unspecified atom stereocenters. The molecule has 0 rings (SSSR count). The molecule has 0 radical (unpaired) electrons. The maximum atomic E-state index is 10.5. The summed E-state index contributed by atoms with van der Waals surface area (Å²) in [6.45, 7) is 2.37. The van der Waals surface area contributed by atoms with E-state index in [0.29, 0.717) is 6.54 Å². The molecule has 0 saturated carbocycles. The number of nitrogens with two attached hydrogens (primary N) is 1. The van der Waals surface area contributed by atoms with Crippen LogP contribution in [-0.4, -0.2) is 43.7 Å². The lowest BCUT2D eigenvalue weighted by Gasteiger charge is -2.10. The fraction of sp³-hybridized carbons (Fsp3) is 0.778. The number of hydrogen-bond donors (Lipinski definition) is 4. The molecule has 5 N–H and O–H groups in total. The van der Waals surface area contributed by atoms with Gasteiger partial charge in [-0.3, -0.25) is 9.59 Å². The van der Waals surface area contributed by atoms with Crippen molar-refractivity contribution in [3.8, 4) is 0 Å². The third kappa shape index (κ3) is 15.6. The maximum absolute atomic E-state index is 10.5.